The molecule has 0 saturated carbocycles. The van der Waals surface area contributed by atoms with Crippen LogP contribution in [0.2, 0.25) is 72.5 Å². The molecule has 0 rings (SSSR count). The summed E-state index contributed by atoms with van der Waals surface area (Å²) in [6.45, 7) is 47.2. The van der Waals surface area contributed by atoms with Gasteiger partial charge < -0.3 is 0 Å². The topological polar surface area (TPSA) is 0 Å². The molecule has 0 spiro atoms. The summed E-state index contributed by atoms with van der Waals surface area (Å²) in [5, 5.41) is 1.92. The number of hydrogen-bond donors (Lipinski definition) is 0. The van der Waals surface area contributed by atoms with Gasteiger partial charge in [-0.25, -0.2) is 0 Å². The van der Waals surface area contributed by atoms with Crippen LogP contribution in [0, 0.1) is 0 Å². The van der Waals surface area contributed by atoms with E-state index in [2.05, 4.69) is 148 Å². The molecule has 0 saturated heterocycles. The van der Waals surface area contributed by atoms with Crippen molar-refractivity contribution >= 4 is 101 Å². The first-order valence-electron chi connectivity index (χ1n) is 12.4. The molecule has 0 aromatic rings. The Hall–Kier alpha value is 3.22. The zero-order chi connectivity index (χ0) is 29.3. The zero-order valence-corrected chi connectivity index (χ0v) is 39.2. The van der Waals surface area contributed by atoms with Crippen molar-refractivity contribution in [2.75, 3.05) is 0 Å². The van der Waals surface area contributed by atoms with E-state index in [1.165, 1.54) is 0 Å². The molecule has 0 fully saturated rings. The van der Waals surface area contributed by atoms with Crippen LogP contribution < -0.4 is 0 Å². The molecule has 0 aliphatic heterocycles. The van der Waals surface area contributed by atoms with E-state index in [9.17, 15) is 0 Å². The number of hydrogen-bond acceptors (Lipinski definition) is 0. The fourth-order valence-electron chi connectivity index (χ4n) is 1.21. The summed E-state index contributed by atoms with van der Waals surface area (Å²) in [7, 11) is -4.79. The van der Waals surface area contributed by atoms with Crippen LogP contribution >= 0.6 is 22.2 Å². The average molecular weight is 779 g/mol. The molecule has 0 heterocycles. The Morgan fingerprint density at radius 2 is 0.618 bits per heavy atom. The van der Waals surface area contributed by atoms with Crippen molar-refractivity contribution in [3.05, 3.63) is 0 Å². The van der Waals surface area contributed by atoms with Crippen LogP contribution in [0.3, 0.4) is 0 Å². The van der Waals surface area contributed by atoms with Gasteiger partial charge in [-0.3, -0.25) is 0 Å². The predicted molar refractivity (Wildman–Crippen MR) is 184 cm³/mol. The van der Waals surface area contributed by atoms with Crippen molar-refractivity contribution in [1.82, 2.24) is 0 Å². The molecule has 34 heavy (non-hydrogen) atoms. The van der Waals surface area contributed by atoms with Crippen molar-refractivity contribution in [1.29, 1.82) is 0 Å². The van der Waals surface area contributed by atoms with Gasteiger partial charge in [0, 0.05) is 17.6 Å². The first-order valence-corrected chi connectivity index (χ1v) is 39.9. The quantitative estimate of drug-likeness (QED) is 0.198. The van der Waals surface area contributed by atoms with E-state index >= 15 is 0 Å². The van der Waals surface area contributed by atoms with E-state index in [1.54, 1.807) is 19.6 Å². The standard InChI is InChI=1S/C12H30Cl2Si4.2C6H15Si.Ge.Sn/c1-11(2,3)17(7,8)15(13)16(14)18(9,10)12(4,5)6;2*1-6(2,3)7(4)5;;/h1-10H3;2*1-5H3;;. The summed E-state index contributed by atoms with van der Waals surface area (Å²) in [4.78, 5) is 0. The Kier molecular flexibility index (Phi) is 22.3. The van der Waals surface area contributed by atoms with Gasteiger partial charge in [-0.15, -0.1) is 0 Å². The second-order valence-corrected chi connectivity index (χ2v) is 55.2. The van der Waals surface area contributed by atoms with Gasteiger partial charge in [0.15, 0.2) is 14.3 Å². The van der Waals surface area contributed by atoms with Crippen molar-refractivity contribution in [2.45, 2.75) is 156 Å². The normalized spacial score (nSPS) is 13.7. The molecule has 8 radical (unpaired) electrons. The molecular weight excluding hydrogens is 719 g/mol. The maximum absolute atomic E-state index is 7.01. The Balaban J connectivity index is -0.000000231. The average Bonchev–Trinajstić information content (AvgIpc) is 2.59. The predicted octanol–water partition coefficient (Wildman–Crippen LogP) is 10.0. The Bertz CT molecular complexity index is 498. The fourth-order valence-corrected chi connectivity index (χ4v) is 62.2. The van der Waals surface area contributed by atoms with Crippen LogP contribution in [0.4, 0.5) is 0 Å². The van der Waals surface area contributed by atoms with Crippen LogP contribution in [0.15, 0.2) is 0 Å². The SMILES string of the molecule is CC(C)(C)[Si](C)(C)[Si](Cl)[Si](Cl)[Si](C)(C)C(C)(C)C.C[Si](C)C(C)(C)C.C[Si](C)C(C)(C)C.[Ge]=[Sn]. The van der Waals surface area contributed by atoms with Crippen LogP contribution in [-0.4, -0.2) is 79.3 Å². The zero-order valence-electron chi connectivity index (χ0n) is 26.8. The van der Waals surface area contributed by atoms with E-state index in [4.69, 9.17) is 22.2 Å². The molecule has 0 atom stereocenters. The summed E-state index contributed by atoms with van der Waals surface area (Å²) in [5.74, 6) is 0. The van der Waals surface area contributed by atoms with Crippen LogP contribution in [0.5, 0.6) is 0 Å². The summed E-state index contributed by atoms with van der Waals surface area (Å²) in [6, 6.07) is 0. The van der Waals surface area contributed by atoms with Crippen molar-refractivity contribution in [3.63, 3.8) is 0 Å². The molecular formula is C24H60Cl2GeSi6Sn. The third-order valence-corrected chi connectivity index (χ3v) is 70.0. The van der Waals surface area contributed by atoms with Crippen LogP contribution in [-0.2, 0) is 0 Å². The molecule has 0 N–H and O–H groups in total. The summed E-state index contributed by atoms with van der Waals surface area (Å²) in [6.07, 6.45) is 0. The molecule has 0 nitrogen and oxygen atoms in total. The van der Waals surface area contributed by atoms with Gasteiger partial charge in [0.2, 0.25) is 0 Å². The molecule has 0 aromatic heterocycles. The van der Waals surface area contributed by atoms with Gasteiger partial charge in [0.1, 0.15) is 0 Å². The van der Waals surface area contributed by atoms with Gasteiger partial charge >= 0.3 is 32.2 Å². The van der Waals surface area contributed by atoms with Gasteiger partial charge in [0.25, 0.3) is 0 Å². The first kappa shape index (κ1) is 44.2. The van der Waals surface area contributed by atoms with E-state index in [1.807, 2.05) is 0 Å². The molecule has 0 unspecified atom stereocenters. The Morgan fingerprint density at radius 1 is 0.500 bits per heavy atom. The van der Waals surface area contributed by atoms with Gasteiger partial charge in [-0.1, -0.05) is 135 Å². The minimum absolute atomic E-state index is 0.0502. The van der Waals surface area contributed by atoms with E-state index in [0.717, 1.165) is 0 Å². The molecule has 10 heteroatoms. The second kappa shape index (κ2) is 17.1. The van der Waals surface area contributed by atoms with Crippen molar-refractivity contribution in [2.24, 2.45) is 0 Å². The molecule has 202 valence electrons. The third-order valence-electron chi connectivity index (χ3n) is 8.04. The third kappa shape index (κ3) is 17.0. The fraction of sp³-hybridized carbons (Fsp3) is 1.00. The van der Waals surface area contributed by atoms with E-state index in [-0.39, 0.29) is 17.6 Å². The van der Waals surface area contributed by atoms with Crippen molar-refractivity contribution in [3.8, 4) is 0 Å². The van der Waals surface area contributed by atoms with Gasteiger partial charge in [0.05, 0.1) is 15.2 Å². The van der Waals surface area contributed by atoms with Gasteiger partial charge in [-0.05, 0) is 20.2 Å². The van der Waals surface area contributed by atoms with Crippen LogP contribution in [0.1, 0.15) is 83.1 Å². The molecule has 0 aromatic carbocycles. The monoisotopic (exact) mass is 780 g/mol. The van der Waals surface area contributed by atoms with Crippen LogP contribution in [0.25, 0.3) is 0 Å². The molecule has 0 bridgehead atoms. The molecule has 0 aliphatic rings. The number of halogens is 2. The summed E-state index contributed by atoms with van der Waals surface area (Å²) >= 11 is 17.7. The Morgan fingerprint density at radius 3 is 0.676 bits per heavy atom. The second-order valence-electron chi connectivity index (χ2n) is 14.9. The summed E-state index contributed by atoms with van der Waals surface area (Å²) in [5.41, 5.74) is 0. The molecule has 0 amide bonds. The maximum atomic E-state index is 7.01. The minimum atomic E-state index is -1.44. The molecule has 0 aliphatic carbocycles. The number of rotatable bonds is 3. The van der Waals surface area contributed by atoms with E-state index in [0.29, 0.717) is 20.2 Å². The van der Waals surface area contributed by atoms with Gasteiger partial charge in [-0.2, -0.15) is 22.2 Å². The van der Waals surface area contributed by atoms with E-state index < -0.39 is 29.5 Å². The Labute approximate surface area is 254 Å². The van der Waals surface area contributed by atoms with Crippen molar-refractivity contribution < 1.29 is 0 Å². The summed E-state index contributed by atoms with van der Waals surface area (Å²) < 4.78 is 0. The first-order chi connectivity index (χ1) is 14.5.